The molecule has 3 aromatic rings. The van der Waals surface area contributed by atoms with Crippen LogP contribution >= 0.6 is 0 Å². The van der Waals surface area contributed by atoms with Gasteiger partial charge in [-0.05, 0) is 24.3 Å². The number of anilines is 1. The lowest BCUT2D eigenvalue weighted by molar-refractivity contribution is -0.0256. The lowest BCUT2D eigenvalue weighted by Crippen LogP contribution is -2.62. The monoisotopic (exact) mass is 422 g/mol. The first-order chi connectivity index (χ1) is 15.1. The molecule has 2 N–H and O–H groups in total. The number of pyridine rings is 1. The van der Waals surface area contributed by atoms with Gasteiger partial charge < -0.3 is 14.7 Å². The van der Waals surface area contributed by atoms with Crippen LogP contribution in [0.4, 0.5) is 10.7 Å². The highest BCUT2D eigenvalue weighted by Crippen LogP contribution is 2.24. The molecule has 0 bridgehead atoms. The smallest absolute Gasteiger partial charge is 0.411 e. The number of carbonyl (C=O) groups is 2. The van der Waals surface area contributed by atoms with E-state index in [1.807, 2.05) is 41.3 Å². The molecule has 5 rings (SSSR count). The molecule has 2 amide bonds. The molecular weight excluding hydrogens is 400 g/mol. The highest BCUT2D eigenvalue weighted by molar-refractivity contribution is 5.95. The van der Waals surface area contributed by atoms with Crippen LogP contribution in [0.25, 0.3) is 16.9 Å². The Hall–Kier alpha value is -3.50. The summed E-state index contributed by atoms with van der Waals surface area (Å²) in [6, 6.07) is 13.2. The molecule has 0 aliphatic carbocycles. The largest absolute Gasteiger partial charge is 0.465 e. The van der Waals surface area contributed by atoms with E-state index in [0.717, 1.165) is 50.7 Å². The molecule has 1 aromatic carbocycles. The Kier molecular flexibility index (Phi) is 5.00. The second-order valence-electron chi connectivity index (χ2n) is 7.64. The number of carboxylic acid groups (broad SMARTS) is 1. The predicted octanol–water partition coefficient (Wildman–Crippen LogP) is 1.64. The number of morpholine rings is 1. The van der Waals surface area contributed by atoms with E-state index >= 15 is 0 Å². The Balaban J connectivity index is 1.30. The first-order valence-electron chi connectivity index (χ1n) is 10.2. The lowest BCUT2D eigenvalue weighted by atomic mass is 10.0. The first-order valence-corrected chi connectivity index (χ1v) is 10.2. The van der Waals surface area contributed by atoms with E-state index in [1.54, 1.807) is 10.6 Å². The van der Waals surface area contributed by atoms with Crippen molar-refractivity contribution in [2.24, 2.45) is 0 Å². The number of fused-ring (bicyclic) bond motifs is 1. The third kappa shape index (κ3) is 3.82. The maximum absolute atomic E-state index is 12.8. The van der Waals surface area contributed by atoms with Crippen LogP contribution in [0.15, 0.2) is 42.5 Å². The van der Waals surface area contributed by atoms with Crippen molar-refractivity contribution in [2.45, 2.75) is 6.04 Å². The topological polar surface area (TPSA) is 112 Å². The normalized spacial score (nSPS) is 17.5. The van der Waals surface area contributed by atoms with Crippen LogP contribution in [0.2, 0.25) is 0 Å². The van der Waals surface area contributed by atoms with E-state index in [-0.39, 0.29) is 11.9 Å². The van der Waals surface area contributed by atoms with Crippen LogP contribution in [0.3, 0.4) is 0 Å². The number of benzene rings is 1. The molecule has 0 spiro atoms. The molecule has 2 saturated heterocycles. The molecule has 10 nitrogen and oxygen atoms in total. The SMILES string of the molecule is O=C(O)Nc1nc2cccc(-c3ccc(C(=O)N4CC(N5CCOCC5)C4)cc3)n2n1. The fourth-order valence-electron chi connectivity index (χ4n) is 4.03. The van der Waals surface area contributed by atoms with Gasteiger partial charge >= 0.3 is 6.09 Å². The number of rotatable bonds is 4. The molecule has 0 saturated carbocycles. The summed E-state index contributed by atoms with van der Waals surface area (Å²) in [5.41, 5.74) is 2.77. The van der Waals surface area contributed by atoms with E-state index in [4.69, 9.17) is 9.84 Å². The molecule has 160 valence electrons. The van der Waals surface area contributed by atoms with E-state index in [0.29, 0.717) is 17.3 Å². The number of hydrogen-bond donors (Lipinski definition) is 2. The molecule has 2 aliphatic rings. The quantitative estimate of drug-likeness (QED) is 0.657. The highest BCUT2D eigenvalue weighted by atomic mass is 16.5. The molecular formula is C21H22N6O4. The molecule has 0 radical (unpaired) electrons. The van der Waals surface area contributed by atoms with Crippen LogP contribution in [0.1, 0.15) is 10.4 Å². The van der Waals surface area contributed by atoms with Gasteiger partial charge in [-0.1, -0.05) is 18.2 Å². The fourth-order valence-corrected chi connectivity index (χ4v) is 4.03. The second-order valence-corrected chi connectivity index (χ2v) is 7.64. The molecule has 2 aliphatic heterocycles. The summed E-state index contributed by atoms with van der Waals surface area (Å²) in [6.07, 6.45) is -1.22. The van der Waals surface area contributed by atoms with Crippen molar-refractivity contribution in [3.05, 3.63) is 48.0 Å². The summed E-state index contributed by atoms with van der Waals surface area (Å²) in [5.74, 6) is 0.0438. The number of carbonyl (C=O) groups excluding carboxylic acids is 1. The summed E-state index contributed by atoms with van der Waals surface area (Å²) in [4.78, 5) is 32.1. The number of likely N-dealkylation sites (tertiary alicyclic amines) is 1. The van der Waals surface area contributed by atoms with Gasteiger partial charge in [0.05, 0.1) is 18.9 Å². The standard InChI is InChI=1S/C21H22N6O4/c28-19(26-12-16(13-26)25-8-10-31-11-9-25)15-6-4-14(5-7-15)17-2-1-3-18-22-20(23-21(29)30)24-27(17)18/h1-7,16H,8-13H2,(H,23,24)(H,29,30). The second kappa shape index (κ2) is 7.97. The summed E-state index contributed by atoms with van der Waals surface area (Å²) in [5, 5.41) is 15.3. The zero-order valence-corrected chi connectivity index (χ0v) is 16.8. The van der Waals surface area contributed by atoms with Gasteiger partial charge in [0.2, 0.25) is 0 Å². The van der Waals surface area contributed by atoms with Gasteiger partial charge in [-0.2, -0.15) is 4.98 Å². The minimum atomic E-state index is -1.22. The summed E-state index contributed by atoms with van der Waals surface area (Å²) < 4.78 is 6.97. The van der Waals surface area contributed by atoms with E-state index in [1.165, 1.54) is 0 Å². The Morgan fingerprint density at radius 3 is 2.52 bits per heavy atom. The summed E-state index contributed by atoms with van der Waals surface area (Å²) in [6.45, 7) is 4.88. The maximum atomic E-state index is 12.8. The maximum Gasteiger partial charge on any atom is 0.411 e. The average molecular weight is 422 g/mol. The van der Waals surface area contributed by atoms with Crippen molar-refractivity contribution in [3.8, 4) is 11.3 Å². The Labute approximate surface area is 178 Å². The molecule has 0 atom stereocenters. The van der Waals surface area contributed by atoms with Crippen LogP contribution < -0.4 is 5.32 Å². The van der Waals surface area contributed by atoms with Crippen molar-refractivity contribution in [1.82, 2.24) is 24.4 Å². The number of ether oxygens (including phenoxy) is 1. The summed E-state index contributed by atoms with van der Waals surface area (Å²) in [7, 11) is 0. The molecule has 2 aromatic heterocycles. The third-order valence-electron chi connectivity index (χ3n) is 5.72. The van der Waals surface area contributed by atoms with Gasteiger partial charge in [-0.3, -0.25) is 15.0 Å². The van der Waals surface area contributed by atoms with Crippen LogP contribution in [-0.2, 0) is 4.74 Å². The number of nitrogens with zero attached hydrogens (tertiary/aromatic N) is 5. The minimum absolute atomic E-state index is 0.0133. The molecule has 31 heavy (non-hydrogen) atoms. The number of nitrogens with one attached hydrogen (secondary N) is 1. The van der Waals surface area contributed by atoms with Gasteiger partial charge in [0.1, 0.15) is 0 Å². The Morgan fingerprint density at radius 1 is 1.06 bits per heavy atom. The van der Waals surface area contributed by atoms with E-state index < -0.39 is 6.09 Å². The van der Waals surface area contributed by atoms with Crippen LogP contribution in [0, 0.1) is 0 Å². The van der Waals surface area contributed by atoms with Gasteiger partial charge in [-0.15, -0.1) is 5.10 Å². The zero-order chi connectivity index (χ0) is 21.4. The number of aromatic nitrogens is 3. The highest BCUT2D eigenvalue weighted by Gasteiger charge is 2.35. The van der Waals surface area contributed by atoms with Gasteiger partial charge in [0, 0.05) is 43.3 Å². The number of amides is 2. The Morgan fingerprint density at radius 2 is 1.81 bits per heavy atom. The molecule has 4 heterocycles. The van der Waals surface area contributed by atoms with Crippen molar-refractivity contribution < 1.29 is 19.4 Å². The van der Waals surface area contributed by atoms with Crippen molar-refractivity contribution in [2.75, 3.05) is 44.7 Å². The van der Waals surface area contributed by atoms with Crippen molar-refractivity contribution in [1.29, 1.82) is 0 Å². The first kappa shape index (κ1) is 19.5. The van der Waals surface area contributed by atoms with E-state index in [9.17, 15) is 9.59 Å². The lowest BCUT2D eigenvalue weighted by Gasteiger charge is -2.46. The molecule has 2 fully saturated rings. The molecule has 10 heteroatoms. The van der Waals surface area contributed by atoms with Crippen molar-refractivity contribution >= 4 is 23.6 Å². The van der Waals surface area contributed by atoms with Crippen molar-refractivity contribution in [3.63, 3.8) is 0 Å². The molecule has 0 unspecified atom stereocenters. The minimum Gasteiger partial charge on any atom is -0.465 e. The van der Waals surface area contributed by atoms with Gasteiger partial charge in [0.15, 0.2) is 5.65 Å². The fraction of sp³-hybridized carbons (Fsp3) is 0.333. The van der Waals surface area contributed by atoms with Crippen LogP contribution in [0.5, 0.6) is 0 Å². The average Bonchev–Trinajstić information content (AvgIpc) is 3.15. The third-order valence-corrected chi connectivity index (χ3v) is 5.72. The van der Waals surface area contributed by atoms with Gasteiger partial charge in [0.25, 0.3) is 11.9 Å². The zero-order valence-electron chi connectivity index (χ0n) is 16.8. The van der Waals surface area contributed by atoms with Crippen LogP contribution in [-0.4, -0.2) is 86.9 Å². The Bertz CT molecular complexity index is 1120. The predicted molar refractivity (Wildman–Crippen MR) is 112 cm³/mol. The van der Waals surface area contributed by atoms with E-state index in [2.05, 4.69) is 20.3 Å². The van der Waals surface area contributed by atoms with Gasteiger partial charge in [-0.25, -0.2) is 9.31 Å². The number of hydrogen-bond acceptors (Lipinski definition) is 6. The summed E-state index contributed by atoms with van der Waals surface area (Å²) >= 11 is 0.